The minimum absolute atomic E-state index is 0.139. The summed E-state index contributed by atoms with van der Waals surface area (Å²) in [7, 11) is -3.04. The molecule has 4 aromatic rings. The Balaban J connectivity index is 1.48. The molecule has 0 aromatic heterocycles. The van der Waals surface area contributed by atoms with Crippen LogP contribution < -0.4 is 19.2 Å². The number of para-hydroxylation sites is 2. The van der Waals surface area contributed by atoms with Gasteiger partial charge in [-0.05, 0) is 54.1 Å². The van der Waals surface area contributed by atoms with Crippen LogP contribution in [0.5, 0.6) is 11.5 Å². The van der Waals surface area contributed by atoms with Crippen molar-refractivity contribution >= 4 is 56.7 Å². The Morgan fingerprint density at radius 2 is 1.72 bits per heavy atom. The Morgan fingerprint density at radius 1 is 1.00 bits per heavy atom. The van der Waals surface area contributed by atoms with E-state index in [0.29, 0.717) is 27.1 Å². The minimum atomic E-state index is -4.51. The highest BCUT2D eigenvalue weighted by atomic mass is 35.5. The Bertz CT molecular complexity index is 1770. The van der Waals surface area contributed by atoms with Gasteiger partial charge < -0.3 is 9.47 Å². The van der Waals surface area contributed by atoms with Crippen LogP contribution in [-0.2, 0) is 21.4 Å². The number of methoxy groups -OCH3 is 1. The van der Waals surface area contributed by atoms with Crippen LogP contribution in [-0.4, -0.2) is 39.1 Å². The monoisotopic (exact) mass is 642 g/mol. The number of ether oxygens (including phenoxy) is 2. The molecule has 1 amide bonds. The molecule has 11 nitrogen and oxygen atoms in total. The van der Waals surface area contributed by atoms with Gasteiger partial charge in [0.1, 0.15) is 13.2 Å². The van der Waals surface area contributed by atoms with Crippen molar-refractivity contribution in [3.8, 4) is 11.5 Å². The first-order chi connectivity index (χ1) is 20.6. The average molecular weight is 644 g/mol. The van der Waals surface area contributed by atoms with Gasteiger partial charge in [-0.15, -0.1) is 0 Å². The number of sulfonamides is 1. The largest absolute Gasteiger partial charge is 0.493 e. The fourth-order valence-electron chi connectivity index (χ4n) is 3.88. The molecule has 0 saturated carbocycles. The smallest absolute Gasteiger partial charge is 0.289 e. The van der Waals surface area contributed by atoms with Crippen LogP contribution in [0.1, 0.15) is 11.1 Å². The molecule has 0 bridgehead atoms. The molecule has 222 valence electrons. The number of benzene rings is 4. The summed E-state index contributed by atoms with van der Waals surface area (Å²) in [5.41, 5.74) is 3.10. The van der Waals surface area contributed by atoms with Crippen LogP contribution in [0, 0.1) is 10.1 Å². The summed E-state index contributed by atoms with van der Waals surface area (Å²) in [6.45, 7) is -0.526. The SMILES string of the molecule is COc1cc(/C=N/NC(=O)CN(c2ccccc2)S(=O)(=O)c2ccccc2[N+](=O)[O-])ccc1OCc1ccc(Cl)cc1Cl. The standard InChI is InChI=1S/C29H24Cl2N4O7S/c1-41-27-15-20(11-14-26(27)42-19-21-12-13-22(30)16-24(21)31)17-32-33-29(36)18-34(23-7-3-2-4-8-23)43(39,40)28-10-6-5-9-25(28)35(37)38/h2-17H,18-19H2,1H3,(H,33,36)/b32-17+. The van der Waals surface area contributed by atoms with Crippen LogP contribution in [0.4, 0.5) is 11.4 Å². The fourth-order valence-corrected chi connectivity index (χ4v) is 5.92. The number of nitro benzene ring substituents is 1. The number of hydrogen-bond donors (Lipinski definition) is 1. The van der Waals surface area contributed by atoms with Gasteiger partial charge in [0.15, 0.2) is 16.4 Å². The van der Waals surface area contributed by atoms with Crippen LogP contribution in [0.3, 0.4) is 0 Å². The third-order valence-electron chi connectivity index (χ3n) is 5.95. The lowest BCUT2D eigenvalue weighted by Gasteiger charge is -2.23. The second-order valence-corrected chi connectivity index (χ2v) is 11.5. The maximum absolute atomic E-state index is 13.5. The van der Waals surface area contributed by atoms with E-state index in [1.807, 2.05) is 0 Å². The number of amides is 1. The van der Waals surface area contributed by atoms with Gasteiger partial charge >= 0.3 is 0 Å². The first-order valence-corrected chi connectivity index (χ1v) is 14.7. The van der Waals surface area contributed by atoms with Gasteiger partial charge in [0.25, 0.3) is 21.6 Å². The lowest BCUT2D eigenvalue weighted by Crippen LogP contribution is -2.39. The lowest BCUT2D eigenvalue weighted by atomic mass is 10.2. The predicted octanol–water partition coefficient (Wildman–Crippen LogP) is 5.83. The summed E-state index contributed by atoms with van der Waals surface area (Å²) in [4.78, 5) is 23.0. The van der Waals surface area contributed by atoms with Gasteiger partial charge in [0, 0.05) is 21.7 Å². The van der Waals surface area contributed by atoms with E-state index in [4.69, 9.17) is 32.7 Å². The summed E-state index contributed by atoms with van der Waals surface area (Å²) in [6.07, 6.45) is 1.34. The molecule has 4 aromatic carbocycles. The number of nitro groups is 1. The maximum Gasteiger partial charge on any atom is 0.289 e. The molecule has 0 radical (unpaired) electrons. The number of carbonyl (C=O) groups is 1. The second-order valence-electron chi connectivity index (χ2n) is 8.80. The number of carbonyl (C=O) groups excluding carboxylic acids is 1. The third-order valence-corrected chi connectivity index (χ3v) is 8.36. The minimum Gasteiger partial charge on any atom is -0.493 e. The van der Waals surface area contributed by atoms with Gasteiger partial charge in [-0.2, -0.15) is 5.10 Å². The number of halogens is 2. The van der Waals surface area contributed by atoms with Gasteiger partial charge in [0.2, 0.25) is 0 Å². The predicted molar refractivity (Wildman–Crippen MR) is 164 cm³/mol. The molecular formula is C29H24Cl2N4O7S. The van der Waals surface area contributed by atoms with E-state index in [1.54, 1.807) is 54.6 Å². The van der Waals surface area contributed by atoms with Crippen LogP contribution in [0.15, 0.2) is 101 Å². The summed E-state index contributed by atoms with van der Waals surface area (Å²) >= 11 is 12.1. The van der Waals surface area contributed by atoms with Crippen molar-refractivity contribution in [2.45, 2.75) is 11.5 Å². The molecule has 0 heterocycles. The third kappa shape index (κ3) is 7.80. The Kier molecular flexibility index (Phi) is 10.2. The summed E-state index contributed by atoms with van der Waals surface area (Å²) < 4.78 is 39.1. The first kappa shape index (κ1) is 31.3. The number of nitrogens with one attached hydrogen (secondary N) is 1. The molecule has 0 fully saturated rings. The Hall–Kier alpha value is -4.65. The van der Waals surface area contributed by atoms with E-state index in [0.717, 1.165) is 22.0 Å². The van der Waals surface area contributed by atoms with Crippen LogP contribution in [0.25, 0.3) is 0 Å². The zero-order chi connectivity index (χ0) is 31.0. The molecule has 14 heteroatoms. The van der Waals surface area contributed by atoms with E-state index >= 15 is 0 Å². The first-order valence-electron chi connectivity index (χ1n) is 12.5. The number of hydrogen-bond acceptors (Lipinski definition) is 8. The average Bonchev–Trinajstić information content (AvgIpc) is 3.00. The highest BCUT2D eigenvalue weighted by Gasteiger charge is 2.33. The Morgan fingerprint density at radius 3 is 2.42 bits per heavy atom. The van der Waals surface area contributed by atoms with Gasteiger partial charge in [-0.3, -0.25) is 19.2 Å². The number of rotatable bonds is 12. The molecule has 1 N–H and O–H groups in total. The Labute approximate surface area is 257 Å². The zero-order valence-electron chi connectivity index (χ0n) is 22.5. The molecule has 0 aliphatic rings. The summed E-state index contributed by atoms with van der Waals surface area (Å²) in [6, 6.07) is 22.7. The van der Waals surface area contributed by atoms with Crippen molar-refractivity contribution in [2.24, 2.45) is 5.10 Å². The van der Waals surface area contributed by atoms with E-state index in [2.05, 4.69) is 10.5 Å². The molecule has 43 heavy (non-hydrogen) atoms. The van der Waals surface area contributed by atoms with E-state index in [9.17, 15) is 23.3 Å². The quantitative estimate of drug-likeness (QED) is 0.116. The van der Waals surface area contributed by atoms with Gasteiger partial charge in [-0.25, -0.2) is 13.8 Å². The summed E-state index contributed by atoms with van der Waals surface area (Å²) in [5.74, 6) is 0.0496. The van der Waals surface area contributed by atoms with Gasteiger partial charge in [-0.1, -0.05) is 59.6 Å². The molecule has 0 saturated heterocycles. The number of nitrogens with zero attached hydrogens (tertiary/aromatic N) is 3. The van der Waals surface area contributed by atoms with Crippen molar-refractivity contribution in [1.82, 2.24) is 5.43 Å². The molecular weight excluding hydrogens is 619 g/mol. The number of hydrazone groups is 1. The number of anilines is 1. The van der Waals surface area contributed by atoms with E-state index in [1.165, 1.54) is 37.6 Å². The van der Waals surface area contributed by atoms with Crippen molar-refractivity contribution in [3.05, 3.63) is 122 Å². The van der Waals surface area contributed by atoms with E-state index in [-0.39, 0.29) is 12.3 Å². The fraction of sp³-hybridized carbons (Fsp3) is 0.103. The molecule has 0 unspecified atom stereocenters. The van der Waals surface area contributed by atoms with Crippen LogP contribution >= 0.6 is 23.2 Å². The highest BCUT2D eigenvalue weighted by molar-refractivity contribution is 7.93. The van der Waals surface area contributed by atoms with Crippen molar-refractivity contribution in [2.75, 3.05) is 18.0 Å². The van der Waals surface area contributed by atoms with Crippen molar-refractivity contribution in [1.29, 1.82) is 0 Å². The lowest BCUT2D eigenvalue weighted by molar-refractivity contribution is -0.387. The zero-order valence-corrected chi connectivity index (χ0v) is 24.8. The molecule has 0 atom stereocenters. The van der Waals surface area contributed by atoms with E-state index < -0.39 is 38.0 Å². The molecule has 0 aliphatic carbocycles. The second kappa shape index (κ2) is 14.0. The molecule has 0 aliphatic heterocycles. The van der Waals surface area contributed by atoms with Gasteiger partial charge in [0.05, 0.1) is 23.9 Å². The van der Waals surface area contributed by atoms with Crippen LogP contribution in [0.2, 0.25) is 10.0 Å². The maximum atomic E-state index is 13.5. The normalized spacial score (nSPS) is 11.2. The summed E-state index contributed by atoms with van der Waals surface area (Å²) in [5, 5.41) is 16.4. The topological polar surface area (TPSA) is 140 Å². The molecule has 4 rings (SSSR count). The van der Waals surface area contributed by atoms with Crippen molar-refractivity contribution in [3.63, 3.8) is 0 Å². The molecule has 0 spiro atoms. The van der Waals surface area contributed by atoms with Crippen molar-refractivity contribution < 1.29 is 27.6 Å². The highest BCUT2D eigenvalue weighted by Crippen LogP contribution is 2.31.